The molecule has 0 aromatic carbocycles. The SMILES string of the molecule is CCC(=O)c1sc(N2CCC(CO)CC2)c(OC)c1N. The maximum absolute atomic E-state index is 11.9. The van der Waals surface area contributed by atoms with E-state index in [0.29, 0.717) is 28.7 Å². The van der Waals surface area contributed by atoms with E-state index >= 15 is 0 Å². The molecule has 1 aliphatic heterocycles. The Bertz CT molecular complexity index is 479. The van der Waals surface area contributed by atoms with Crippen LogP contribution in [0.1, 0.15) is 35.9 Å². The van der Waals surface area contributed by atoms with Crippen molar-refractivity contribution in [3.05, 3.63) is 4.88 Å². The van der Waals surface area contributed by atoms with Crippen LogP contribution in [0.3, 0.4) is 0 Å². The Morgan fingerprint density at radius 1 is 1.50 bits per heavy atom. The third-order valence-electron chi connectivity index (χ3n) is 3.82. The molecule has 1 fully saturated rings. The molecule has 0 unspecified atom stereocenters. The number of ketones is 1. The first-order valence-corrected chi connectivity index (χ1v) is 7.79. The fourth-order valence-corrected chi connectivity index (χ4v) is 3.76. The fourth-order valence-electron chi connectivity index (χ4n) is 2.51. The smallest absolute Gasteiger partial charge is 0.177 e. The van der Waals surface area contributed by atoms with Gasteiger partial charge < -0.3 is 20.5 Å². The molecule has 2 rings (SSSR count). The van der Waals surface area contributed by atoms with Gasteiger partial charge in [-0.2, -0.15) is 0 Å². The predicted octanol–water partition coefficient (Wildman–Crippen LogP) is 2.14. The normalized spacial score (nSPS) is 16.4. The number of anilines is 2. The quantitative estimate of drug-likeness (QED) is 0.815. The van der Waals surface area contributed by atoms with Crippen LogP contribution in [0.2, 0.25) is 0 Å². The largest absolute Gasteiger partial charge is 0.492 e. The van der Waals surface area contributed by atoms with E-state index in [2.05, 4.69) is 4.90 Å². The molecule has 1 aromatic rings. The van der Waals surface area contributed by atoms with Crippen LogP contribution in [-0.4, -0.2) is 37.7 Å². The number of rotatable bonds is 5. The number of nitrogens with two attached hydrogens (primary N) is 1. The summed E-state index contributed by atoms with van der Waals surface area (Å²) in [6.45, 7) is 3.81. The van der Waals surface area contributed by atoms with Crippen molar-refractivity contribution in [3.8, 4) is 5.75 Å². The molecule has 3 N–H and O–H groups in total. The summed E-state index contributed by atoms with van der Waals surface area (Å²) >= 11 is 1.42. The number of carbonyl (C=O) groups excluding carboxylic acids is 1. The minimum absolute atomic E-state index is 0.0577. The van der Waals surface area contributed by atoms with E-state index in [1.165, 1.54) is 11.3 Å². The molecule has 0 atom stereocenters. The summed E-state index contributed by atoms with van der Waals surface area (Å²) in [6, 6.07) is 0. The van der Waals surface area contributed by atoms with Crippen LogP contribution < -0.4 is 15.4 Å². The average Bonchev–Trinajstić information content (AvgIpc) is 2.83. The van der Waals surface area contributed by atoms with E-state index < -0.39 is 0 Å². The Balaban J connectivity index is 2.25. The lowest BCUT2D eigenvalue weighted by Crippen LogP contribution is -2.34. The molecule has 0 aliphatic carbocycles. The lowest BCUT2D eigenvalue weighted by molar-refractivity contribution is 0.0992. The Morgan fingerprint density at radius 2 is 2.15 bits per heavy atom. The number of thiophene rings is 1. The number of carbonyl (C=O) groups is 1. The van der Waals surface area contributed by atoms with Crippen molar-refractivity contribution in [3.63, 3.8) is 0 Å². The van der Waals surface area contributed by atoms with Crippen molar-refractivity contribution >= 4 is 27.8 Å². The number of Topliss-reactive ketones (excluding diaryl/α,β-unsaturated/α-hetero) is 1. The Labute approximate surface area is 123 Å². The molecule has 0 saturated carbocycles. The van der Waals surface area contributed by atoms with Gasteiger partial charge in [-0.15, -0.1) is 11.3 Å². The number of methoxy groups -OCH3 is 1. The van der Waals surface area contributed by atoms with E-state index in [1.807, 2.05) is 6.92 Å². The van der Waals surface area contributed by atoms with Gasteiger partial charge in [0, 0.05) is 26.1 Å². The van der Waals surface area contributed by atoms with Gasteiger partial charge in [-0.3, -0.25) is 4.79 Å². The van der Waals surface area contributed by atoms with Crippen LogP contribution in [0, 0.1) is 5.92 Å². The molecule has 0 spiro atoms. The van der Waals surface area contributed by atoms with Crippen LogP contribution in [0.4, 0.5) is 10.7 Å². The Kier molecular flexibility index (Phi) is 4.88. The molecule has 6 heteroatoms. The highest BCUT2D eigenvalue weighted by Gasteiger charge is 2.27. The zero-order chi connectivity index (χ0) is 14.7. The van der Waals surface area contributed by atoms with Crippen LogP contribution in [0.15, 0.2) is 0 Å². The number of piperidine rings is 1. The molecule has 20 heavy (non-hydrogen) atoms. The second-order valence-corrected chi connectivity index (χ2v) is 6.07. The van der Waals surface area contributed by atoms with Crippen molar-refractivity contribution in [2.45, 2.75) is 26.2 Å². The average molecular weight is 298 g/mol. The van der Waals surface area contributed by atoms with Gasteiger partial charge in [-0.25, -0.2) is 0 Å². The lowest BCUT2D eigenvalue weighted by atomic mass is 9.98. The molecule has 5 nitrogen and oxygen atoms in total. The van der Waals surface area contributed by atoms with Gasteiger partial charge >= 0.3 is 0 Å². The van der Waals surface area contributed by atoms with Crippen molar-refractivity contribution < 1.29 is 14.6 Å². The fraction of sp³-hybridized carbons (Fsp3) is 0.643. The van der Waals surface area contributed by atoms with Crippen molar-refractivity contribution in [1.82, 2.24) is 0 Å². The number of hydrogen-bond donors (Lipinski definition) is 2. The van der Waals surface area contributed by atoms with Gasteiger partial charge in [-0.1, -0.05) is 6.92 Å². The van der Waals surface area contributed by atoms with Crippen LogP contribution in [0.25, 0.3) is 0 Å². The molecule has 1 aliphatic rings. The first-order valence-electron chi connectivity index (χ1n) is 6.97. The minimum Gasteiger partial charge on any atom is -0.492 e. The van der Waals surface area contributed by atoms with Gasteiger partial charge in [0.25, 0.3) is 0 Å². The van der Waals surface area contributed by atoms with E-state index in [-0.39, 0.29) is 12.4 Å². The topological polar surface area (TPSA) is 75.8 Å². The third kappa shape index (κ3) is 2.76. The van der Waals surface area contributed by atoms with Crippen LogP contribution in [-0.2, 0) is 0 Å². The van der Waals surface area contributed by atoms with Crippen LogP contribution in [0.5, 0.6) is 5.75 Å². The molecule has 2 heterocycles. The first-order chi connectivity index (χ1) is 9.62. The molecule has 112 valence electrons. The minimum atomic E-state index is 0.0577. The molecular formula is C14H22N2O3S. The zero-order valence-electron chi connectivity index (χ0n) is 12.0. The van der Waals surface area contributed by atoms with Crippen molar-refractivity contribution in [2.75, 3.05) is 37.4 Å². The summed E-state index contributed by atoms with van der Waals surface area (Å²) in [4.78, 5) is 14.7. The number of aliphatic hydroxyl groups excluding tert-OH is 1. The van der Waals surface area contributed by atoms with Crippen LogP contribution >= 0.6 is 11.3 Å². The highest BCUT2D eigenvalue weighted by molar-refractivity contribution is 7.19. The second-order valence-electron chi connectivity index (χ2n) is 5.07. The molecular weight excluding hydrogens is 276 g/mol. The lowest BCUT2D eigenvalue weighted by Gasteiger charge is -2.32. The summed E-state index contributed by atoms with van der Waals surface area (Å²) in [5, 5.41) is 10.1. The van der Waals surface area contributed by atoms with Gasteiger partial charge in [0.15, 0.2) is 11.5 Å². The highest BCUT2D eigenvalue weighted by atomic mass is 32.1. The molecule has 1 saturated heterocycles. The monoisotopic (exact) mass is 298 g/mol. The summed E-state index contributed by atoms with van der Waals surface area (Å²) < 4.78 is 5.40. The Hall–Kier alpha value is -1.27. The van der Waals surface area contributed by atoms with E-state index in [9.17, 15) is 9.90 Å². The predicted molar refractivity (Wildman–Crippen MR) is 81.9 cm³/mol. The zero-order valence-corrected chi connectivity index (χ0v) is 12.8. The van der Waals surface area contributed by atoms with Crippen molar-refractivity contribution in [1.29, 1.82) is 0 Å². The number of hydrogen-bond acceptors (Lipinski definition) is 6. The van der Waals surface area contributed by atoms with E-state index in [1.54, 1.807) is 7.11 Å². The summed E-state index contributed by atoms with van der Waals surface area (Å²) in [5.41, 5.74) is 6.51. The summed E-state index contributed by atoms with van der Waals surface area (Å²) in [6.07, 6.45) is 2.35. The number of nitrogens with zero attached hydrogens (tertiary/aromatic N) is 1. The number of aliphatic hydroxyl groups is 1. The van der Waals surface area contributed by atoms with Gasteiger partial charge in [0.1, 0.15) is 5.00 Å². The van der Waals surface area contributed by atoms with Gasteiger partial charge in [0.05, 0.1) is 17.7 Å². The third-order valence-corrected chi connectivity index (χ3v) is 5.11. The number of nitrogen functional groups attached to an aromatic ring is 1. The van der Waals surface area contributed by atoms with Crippen molar-refractivity contribution in [2.24, 2.45) is 5.92 Å². The standard InChI is InChI=1S/C14H22N2O3S/c1-3-10(18)13-11(15)12(19-2)14(20-13)16-6-4-9(8-17)5-7-16/h9,17H,3-8,15H2,1-2H3. The van der Waals surface area contributed by atoms with E-state index in [4.69, 9.17) is 10.5 Å². The van der Waals surface area contributed by atoms with E-state index in [0.717, 1.165) is 30.9 Å². The van der Waals surface area contributed by atoms with Gasteiger partial charge in [0.2, 0.25) is 0 Å². The number of ether oxygens (including phenoxy) is 1. The first kappa shape index (κ1) is 15.1. The molecule has 0 radical (unpaired) electrons. The van der Waals surface area contributed by atoms with Gasteiger partial charge in [-0.05, 0) is 18.8 Å². The molecule has 0 amide bonds. The molecule has 1 aromatic heterocycles. The Morgan fingerprint density at radius 3 is 2.65 bits per heavy atom. The summed E-state index contributed by atoms with van der Waals surface area (Å²) in [5.74, 6) is 1.06. The maximum Gasteiger partial charge on any atom is 0.177 e. The molecule has 0 bridgehead atoms. The highest BCUT2D eigenvalue weighted by Crippen LogP contribution is 2.46. The summed E-state index contributed by atoms with van der Waals surface area (Å²) in [7, 11) is 1.59. The maximum atomic E-state index is 11.9. The second kappa shape index (κ2) is 6.45.